The quantitative estimate of drug-likeness (QED) is 0.462. The molecule has 1 heterocycles. The molecule has 212 valence electrons. The second-order valence-electron chi connectivity index (χ2n) is 10.3. The molecule has 0 unspecified atom stereocenters. The molecule has 1 saturated carbocycles. The van der Waals surface area contributed by atoms with E-state index in [1.807, 2.05) is 6.92 Å². The summed E-state index contributed by atoms with van der Waals surface area (Å²) >= 11 is 0. The van der Waals surface area contributed by atoms with E-state index in [0.717, 1.165) is 18.0 Å². The van der Waals surface area contributed by atoms with Crippen molar-refractivity contribution in [3.63, 3.8) is 0 Å². The van der Waals surface area contributed by atoms with Crippen molar-refractivity contribution >= 4 is 27.3 Å². The van der Waals surface area contributed by atoms with Crippen molar-refractivity contribution in [3.05, 3.63) is 53.8 Å². The van der Waals surface area contributed by atoms with Gasteiger partial charge in [-0.05, 0) is 81.0 Å². The lowest BCUT2D eigenvalue weighted by Crippen LogP contribution is -2.55. The van der Waals surface area contributed by atoms with E-state index in [0.29, 0.717) is 50.9 Å². The lowest BCUT2D eigenvalue weighted by molar-refractivity contribution is -0.274. The highest BCUT2D eigenvalue weighted by atomic mass is 32.2. The second-order valence-corrected chi connectivity index (χ2v) is 12.3. The van der Waals surface area contributed by atoms with Crippen LogP contribution in [0.1, 0.15) is 43.0 Å². The van der Waals surface area contributed by atoms with E-state index in [1.54, 1.807) is 17.0 Å². The van der Waals surface area contributed by atoms with Crippen molar-refractivity contribution < 1.29 is 40.3 Å². The summed E-state index contributed by atoms with van der Waals surface area (Å²) < 4.78 is 79.1. The Morgan fingerprint density at radius 2 is 1.69 bits per heavy atom. The maximum atomic E-state index is 14.3. The molecular formula is C26H29F4N3O5S. The average molecular weight is 572 g/mol. The van der Waals surface area contributed by atoms with Gasteiger partial charge in [0.25, 0.3) is 5.91 Å². The minimum atomic E-state index is -5.00. The van der Waals surface area contributed by atoms with Crippen molar-refractivity contribution in [1.29, 1.82) is 0 Å². The predicted octanol–water partition coefficient (Wildman–Crippen LogP) is 4.13. The van der Waals surface area contributed by atoms with Crippen LogP contribution in [-0.4, -0.2) is 62.4 Å². The summed E-state index contributed by atoms with van der Waals surface area (Å²) in [5, 5.41) is 5.93. The zero-order valence-corrected chi connectivity index (χ0v) is 22.2. The summed E-state index contributed by atoms with van der Waals surface area (Å²) in [6.45, 7) is 2.76. The summed E-state index contributed by atoms with van der Waals surface area (Å²) in [7, 11) is -3.31. The maximum Gasteiger partial charge on any atom is 0.573 e. The number of hydrogen-bond acceptors (Lipinski definition) is 6. The second kappa shape index (κ2) is 10.7. The van der Waals surface area contributed by atoms with E-state index in [9.17, 15) is 35.6 Å². The van der Waals surface area contributed by atoms with Crippen LogP contribution in [0.3, 0.4) is 0 Å². The fraction of sp³-hybridized carbons (Fsp3) is 0.462. The number of halogens is 4. The van der Waals surface area contributed by atoms with Crippen molar-refractivity contribution in [2.45, 2.75) is 55.4 Å². The Morgan fingerprint density at radius 1 is 1.08 bits per heavy atom. The van der Waals surface area contributed by atoms with E-state index in [2.05, 4.69) is 15.4 Å². The van der Waals surface area contributed by atoms with Crippen molar-refractivity contribution in [2.24, 2.45) is 5.92 Å². The number of alkyl halides is 3. The molecular weight excluding hydrogens is 542 g/mol. The largest absolute Gasteiger partial charge is 0.573 e. The molecule has 2 N–H and O–H groups in total. The van der Waals surface area contributed by atoms with Gasteiger partial charge >= 0.3 is 6.36 Å². The Morgan fingerprint density at radius 3 is 2.23 bits per heavy atom. The number of ether oxygens (including phenoxy) is 1. The number of likely N-dealkylation sites (tertiary alicyclic amines) is 1. The van der Waals surface area contributed by atoms with Gasteiger partial charge in [-0.15, -0.1) is 13.2 Å². The summed E-state index contributed by atoms with van der Waals surface area (Å²) in [4.78, 5) is 28.0. The molecule has 2 fully saturated rings. The van der Waals surface area contributed by atoms with Crippen LogP contribution >= 0.6 is 0 Å². The monoisotopic (exact) mass is 571 g/mol. The Balaban J connectivity index is 1.39. The molecule has 4 rings (SSSR count). The van der Waals surface area contributed by atoms with Gasteiger partial charge in [-0.25, -0.2) is 12.8 Å². The Bertz CT molecular complexity index is 1340. The zero-order valence-electron chi connectivity index (χ0n) is 21.3. The molecule has 8 nitrogen and oxygen atoms in total. The van der Waals surface area contributed by atoms with Gasteiger partial charge in [0, 0.05) is 30.6 Å². The zero-order chi connectivity index (χ0) is 28.6. The molecule has 0 bridgehead atoms. The number of sulfone groups is 1. The molecule has 1 saturated heterocycles. The third-order valence-electron chi connectivity index (χ3n) is 6.97. The minimum Gasteiger partial charge on any atom is -0.406 e. The van der Waals surface area contributed by atoms with Crippen molar-refractivity contribution in [3.8, 4) is 5.75 Å². The molecule has 13 heteroatoms. The van der Waals surface area contributed by atoms with Crippen LogP contribution in [0.4, 0.5) is 23.2 Å². The molecule has 2 aliphatic rings. The van der Waals surface area contributed by atoms with Crippen LogP contribution < -0.4 is 15.4 Å². The van der Waals surface area contributed by atoms with Crippen LogP contribution in [0, 0.1) is 11.7 Å². The summed E-state index contributed by atoms with van der Waals surface area (Å²) in [5.41, 5.74) is -0.275. The summed E-state index contributed by atoms with van der Waals surface area (Å²) in [5.74, 6) is -3.23. The number of anilines is 1. The standard InChI is InChI=1S/C26H29F4N3O5S/c1-25(32-17-5-8-19(9-6-17)39(2,36)37)11-13-33(14-12-25)24(35)22(16-3-4-16)31-23(34)20-15-18(7-10-21(20)27)38-26(28,29)30/h5-10,15-16,22,32H,3-4,11-14H2,1-2H3,(H,31,34)/t22-/m1/s1. The summed E-state index contributed by atoms with van der Waals surface area (Å²) in [6, 6.07) is 7.63. The van der Waals surface area contributed by atoms with E-state index >= 15 is 0 Å². The molecule has 0 spiro atoms. The number of carbonyl (C=O) groups excluding carboxylic acids is 2. The first-order valence-corrected chi connectivity index (χ1v) is 14.3. The van der Waals surface area contributed by atoms with Gasteiger partial charge in [-0.3, -0.25) is 9.59 Å². The van der Waals surface area contributed by atoms with Crippen molar-refractivity contribution in [2.75, 3.05) is 24.7 Å². The lowest BCUT2D eigenvalue weighted by Gasteiger charge is -2.41. The molecule has 1 aliphatic carbocycles. The van der Waals surface area contributed by atoms with E-state index < -0.39 is 45.3 Å². The Labute approximate surface area is 223 Å². The van der Waals surface area contributed by atoms with Gasteiger partial charge in [-0.1, -0.05) is 0 Å². The number of hydrogen-bond donors (Lipinski definition) is 2. The van der Waals surface area contributed by atoms with Crippen molar-refractivity contribution in [1.82, 2.24) is 10.2 Å². The van der Waals surface area contributed by atoms with Crippen LogP contribution in [0.15, 0.2) is 47.4 Å². The number of rotatable bonds is 8. The van der Waals surface area contributed by atoms with Crippen LogP contribution in [0.2, 0.25) is 0 Å². The van der Waals surface area contributed by atoms with Gasteiger partial charge in [0.1, 0.15) is 17.6 Å². The normalized spacial score (nSPS) is 18.3. The molecule has 0 aromatic heterocycles. The van der Waals surface area contributed by atoms with Gasteiger partial charge in [0.15, 0.2) is 9.84 Å². The third kappa shape index (κ3) is 7.40. The molecule has 2 aromatic rings. The van der Waals surface area contributed by atoms with E-state index in [4.69, 9.17) is 0 Å². The minimum absolute atomic E-state index is 0.140. The third-order valence-corrected chi connectivity index (χ3v) is 8.10. The van der Waals surface area contributed by atoms with Gasteiger partial charge in [0.05, 0.1) is 10.5 Å². The first kappa shape index (κ1) is 28.7. The number of carbonyl (C=O) groups is 2. The number of nitrogens with one attached hydrogen (secondary N) is 2. The van der Waals surface area contributed by atoms with Gasteiger partial charge in [-0.2, -0.15) is 0 Å². The highest BCUT2D eigenvalue weighted by Gasteiger charge is 2.42. The lowest BCUT2D eigenvalue weighted by atomic mass is 9.88. The van der Waals surface area contributed by atoms with Crippen LogP contribution in [-0.2, 0) is 14.6 Å². The highest BCUT2D eigenvalue weighted by Crippen LogP contribution is 2.35. The first-order chi connectivity index (χ1) is 18.1. The van der Waals surface area contributed by atoms with Gasteiger partial charge < -0.3 is 20.3 Å². The molecule has 2 amide bonds. The number of piperidine rings is 1. The topological polar surface area (TPSA) is 105 Å². The van der Waals surface area contributed by atoms with Crippen LogP contribution in [0.25, 0.3) is 0 Å². The first-order valence-electron chi connectivity index (χ1n) is 12.4. The predicted molar refractivity (Wildman–Crippen MR) is 134 cm³/mol. The SMILES string of the molecule is CC1(Nc2ccc(S(C)(=O)=O)cc2)CCN(C(=O)[C@H](NC(=O)c2cc(OC(F)(F)F)ccc2F)C2CC2)CC1. The smallest absolute Gasteiger partial charge is 0.406 e. The highest BCUT2D eigenvalue weighted by molar-refractivity contribution is 7.90. The molecule has 0 radical (unpaired) electrons. The van der Waals surface area contributed by atoms with Crippen LogP contribution in [0.5, 0.6) is 5.75 Å². The van der Waals surface area contributed by atoms with E-state index in [-0.39, 0.29) is 22.3 Å². The average Bonchev–Trinajstić information content (AvgIpc) is 3.68. The van der Waals surface area contributed by atoms with E-state index in [1.165, 1.54) is 12.1 Å². The molecule has 1 atom stereocenters. The maximum absolute atomic E-state index is 14.3. The molecule has 1 aliphatic heterocycles. The Hall–Kier alpha value is -3.35. The number of benzene rings is 2. The molecule has 39 heavy (non-hydrogen) atoms. The summed E-state index contributed by atoms with van der Waals surface area (Å²) in [6.07, 6.45) is -1.35. The number of amides is 2. The fourth-order valence-corrected chi connectivity index (χ4v) is 5.21. The Kier molecular flexibility index (Phi) is 7.84. The fourth-order valence-electron chi connectivity index (χ4n) is 4.58. The van der Waals surface area contributed by atoms with Gasteiger partial charge in [0.2, 0.25) is 5.91 Å². The number of nitrogens with zero attached hydrogens (tertiary/aromatic N) is 1. The molecule has 2 aromatic carbocycles.